The molecule has 206 valence electrons. The summed E-state index contributed by atoms with van der Waals surface area (Å²) in [5.41, 5.74) is 4.39. The van der Waals surface area contributed by atoms with E-state index in [0.717, 1.165) is 0 Å². The van der Waals surface area contributed by atoms with Crippen molar-refractivity contribution in [2.45, 2.75) is 19.9 Å². The first-order chi connectivity index (χ1) is 19.3. The molecule has 0 saturated heterocycles. The van der Waals surface area contributed by atoms with E-state index >= 15 is 0 Å². The predicted octanol–water partition coefficient (Wildman–Crippen LogP) is 3.53. The van der Waals surface area contributed by atoms with E-state index < -0.39 is 23.9 Å². The number of nitrogens with zero attached hydrogens (tertiary/aromatic N) is 1. The number of carboxylic acid groups (broad SMARTS) is 1. The number of para-hydroxylation sites is 1. The average molecular weight is 563 g/mol. The normalized spacial score (nSPS) is 14.8. The number of thiocarbonyl (C=S) groups is 1. The Bertz CT molecular complexity index is 1510. The van der Waals surface area contributed by atoms with Crippen LogP contribution in [0.5, 0.6) is 5.75 Å². The number of allylic oxidation sites excluding steroid dienone is 1. The van der Waals surface area contributed by atoms with Crippen LogP contribution in [0.15, 0.2) is 81.5 Å². The summed E-state index contributed by atoms with van der Waals surface area (Å²) >= 11 is 5.29. The maximum atomic E-state index is 12.7. The zero-order valence-corrected chi connectivity index (χ0v) is 22.4. The van der Waals surface area contributed by atoms with Gasteiger partial charge in [0.25, 0.3) is 5.91 Å². The number of benzene rings is 2. The van der Waals surface area contributed by atoms with Gasteiger partial charge in [0.2, 0.25) is 0 Å². The Hall–Kier alpha value is -4.97. The first-order valence-electron chi connectivity index (χ1n) is 12.2. The summed E-state index contributed by atoms with van der Waals surface area (Å²) in [5, 5.41) is 19.6. The molecule has 0 unspecified atom stereocenters. The summed E-state index contributed by atoms with van der Waals surface area (Å²) in [4.78, 5) is 36.6. The minimum absolute atomic E-state index is 0.104. The molecule has 1 aromatic heterocycles. The van der Waals surface area contributed by atoms with Crippen LogP contribution in [-0.4, -0.2) is 47.5 Å². The highest BCUT2D eigenvalue weighted by atomic mass is 32.1. The monoisotopic (exact) mass is 562 g/mol. The van der Waals surface area contributed by atoms with Crippen LogP contribution in [0.4, 0.5) is 0 Å². The highest BCUT2D eigenvalue weighted by Gasteiger charge is 2.32. The molecule has 0 radical (unpaired) electrons. The average Bonchev–Trinajstić information content (AvgIpc) is 3.40. The van der Waals surface area contributed by atoms with E-state index in [1.54, 1.807) is 68.4 Å². The number of hydrogen-bond donors (Lipinski definition) is 4. The molecule has 0 fully saturated rings. The summed E-state index contributed by atoms with van der Waals surface area (Å²) in [7, 11) is 0. The molecule has 12 heteroatoms. The van der Waals surface area contributed by atoms with E-state index in [-0.39, 0.29) is 18.8 Å². The van der Waals surface area contributed by atoms with Crippen LogP contribution in [0.25, 0.3) is 11.3 Å². The van der Waals surface area contributed by atoms with Crippen molar-refractivity contribution in [3.05, 3.63) is 88.8 Å². The fourth-order valence-corrected chi connectivity index (χ4v) is 4.32. The van der Waals surface area contributed by atoms with Gasteiger partial charge < -0.3 is 29.6 Å². The van der Waals surface area contributed by atoms with Crippen LogP contribution in [0.3, 0.4) is 0 Å². The van der Waals surface area contributed by atoms with Crippen molar-refractivity contribution in [2.24, 2.45) is 5.10 Å². The summed E-state index contributed by atoms with van der Waals surface area (Å²) < 4.78 is 16.7. The Balaban J connectivity index is 1.41. The number of carboxylic acids is 1. The third-order valence-corrected chi connectivity index (χ3v) is 6.00. The molecular weight excluding hydrogens is 536 g/mol. The first-order valence-corrected chi connectivity index (χ1v) is 12.6. The molecule has 0 bridgehead atoms. The number of amides is 1. The second kappa shape index (κ2) is 12.7. The summed E-state index contributed by atoms with van der Waals surface area (Å²) in [6.07, 6.45) is 1.29. The number of nitrogens with one attached hydrogen (secondary N) is 3. The Labute approximate surface area is 234 Å². The van der Waals surface area contributed by atoms with Gasteiger partial charge in [0.05, 0.1) is 30.0 Å². The second-order valence-corrected chi connectivity index (χ2v) is 8.87. The third kappa shape index (κ3) is 6.53. The van der Waals surface area contributed by atoms with Gasteiger partial charge in [-0.1, -0.05) is 36.4 Å². The number of carbonyl (C=O) groups excluding carboxylic acids is 2. The summed E-state index contributed by atoms with van der Waals surface area (Å²) in [6, 6.07) is 16.0. The van der Waals surface area contributed by atoms with Crippen LogP contribution in [0.1, 0.15) is 41.6 Å². The smallest absolute Gasteiger partial charge is 0.338 e. The Morgan fingerprint density at radius 2 is 1.88 bits per heavy atom. The van der Waals surface area contributed by atoms with Crippen molar-refractivity contribution >= 4 is 41.4 Å². The molecule has 2 heterocycles. The third-order valence-electron chi connectivity index (χ3n) is 5.78. The molecule has 2 aromatic carbocycles. The zero-order valence-electron chi connectivity index (χ0n) is 21.6. The number of hydrogen-bond acceptors (Lipinski definition) is 8. The van der Waals surface area contributed by atoms with E-state index in [2.05, 4.69) is 21.2 Å². The molecular formula is C28H26N4O7S. The Morgan fingerprint density at radius 1 is 1.12 bits per heavy atom. The van der Waals surface area contributed by atoms with Gasteiger partial charge in [-0.3, -0.25) is 4.79 Å². The van der Waals surface area contributed by atoms with Crippen molar-refractivity contribution in [1.29, 1.82) is 0 Å². The fraction of sp³-hybridized carbons (Fsp3) is 0.179. The van der Waals surface area contributed by atoms with E-state index in [1.165, 1.54) is 12.3 Å². The lowest BCUT2D eigenvalue weighted by Crippen LogP contribution is -2.45. The SMILES string of the molecule is CCOC(=O)C1=C(C)NC(=S)N[C@@H]1c1ccccc1OCC(=O)NN=Cc1ccc(-c2ccccc2C(=O)O)o1. The fourth-order valence-electron chi connectivity index (χ4n) is 4.05. The lowest BCUT2D eigenvalue weighted by Gasteiger charge is -2.30. The van der Waals surface area contributed by atoms with Crippen molar-refractivity contribution in [3.63, 3.8) is 0 Å². The highest BCUT2D eigenvalue weighted by Crippen LogP contribution is 2.33. The number of furan rings is 1. The number of carbonyl (C=O) groups is 3. The van der Waals surface area contributed by atoms with Crippen molar-refractivity contribution in [1.82, 2.24) is 16.1 Å². The zero-order chi connectivity index (χ0) is 28.6. The number of esters is 1. The van der Waals surface area contributed by atoms with Gasteiger partial charge in [0.1, 0.15) is 17.3 Å². The first kappa shape index (κ1) is 28.0. The molecule has 3 aromatic rings. The van der Waals surface area contributed by atoms with E-state index in [1.807, 2.05) is 0 Å². The number of aromatic carboxylic acids is 1. The van der Waals surface area contributed by atoms with Gasteiger partial charge in [0.15, 0.2) is 11.7 Å². The number of ether oxygens (including phenoxy) is 2. The van der Waals surface area contributed by atoms with Crippen LogP contribution >= 0.6 is 12.2 Å². The maximum absolute atomic E-state index is 12.7. The van der Waals surface area contributed by atoms with Gasteiger partial charge in [0, 0.05) is 16.8 Å². The summed E-state index contributed by atoms with van der Waals surface area (Å²) in [5.74, 6) is -1.09. The molecule has 4 N–H and O–H groups in total. The maximum Gasteiger partial charge on any atom is 0.338 e. The van der Waals surface area contributed by atoms with Crippen LogP contribution in [0.2, 0.25) is 0 Å². The van der Waals surface area contributed by atoms with Crippen molar-refractivity contribution in [2.75, 3.05) is 13.2 Å². The number of hydrazone groups is 1. The molecule has 4 rings (SSSR count). The molecule has 40 heavy (non-hydrogen) atoms. The highest BCUT2D eigenvalue weighted by molar-refractivity contribution is 7.80. The van der Waals surface area contributed by atoms with Gasteiger partial charge in [-0.05, 0) is 50.3 Å². The summed E-state index contributed by atoms with van der Waals surface area (Å²) in [6.45, 7) is 3.30. The number of rotatable bonds is 10. The van der Waals surface area contributed by atoms with E-state index in [0.29, 0.717) is 44.8 Å². The second-order valence-electron chi connectivity index (χ2n) is 8.46. The van der Waals surface area contributed by atoms with E-state index in [4.69, 9.17) is 26.1 Å². The predicted molar refractivity (Wildman–Crippen MR) is 150 cm³/mol. The quantitative estimate of drug-likeness (QED) is 0.125. The topological polar surface area (TPSA) is 151 Å². The van der Waals surface area contributed by atoms with Crippen LogP contribution in [-0.2, 0) is 14.3 Å². The van der Waals surface area contributed by atoms with Gasteiger partial charge in [-0.2, -0.15) is 5.10 Å². The van der Waals surface area contributed by atoms with Crippen LogP contribution in [0, 0.1) is 0 Å². The molecule has 0 aliphatic carbocycles. The lowest BCUT2D eigenvalue weighted by atomic mass is 9.95. The van der Waals surface area contributed by atoms with Gasteiger partial charge in [-0.25, -0.2) is 15.0 Å². The molecule has 1 aliphatic heterocycles. The molecule has 1 atom stereocenters. The molecule has 11 nitrogen and oxygen atoms in total. The van der Waals surface area contributed by atoms with Crippen molar-refractivity contribution < 1.29 is 33.4 Å². The minimum atomic E-state index is -1.07. The molecule has 0 spiro atoms. The lowest BCUT2D eigenvalue weighted by molar-refractivity contribution is -0.139. The van der Waals surface area contributed by atoms with E-state index in [9.17, 15) is 19.5 Å². The molecule has 1 aliphatic rings. The molecule has 1 amide bonds. The largest absolute Gasteiger partial charge is 0.483 e. The van der Waals surface area contributed by atoms with Gasteiger partial charge >= 0.3 is 11.9 Å². The molecule has 0 saturated carbocycles. The minimum Gasteiger partial charge on any atom is -0.483 e. The Morgan fingerprint density at radius 3 is 2.65 bits per heavy atom. The van der Waals surface area contributed by atoms with Crippen molar-refractivity contribution in [3.8, 4) is 17.1 Å². The van der Waals surface area contributed by atoms with Gasteiger partial charge in [-0.15, -0.1) is 0 Å². The standard InChI is InChI=1S/C28H26N4O7S/c1-3-37-27(36)24-16(2)30-28(40)31-25(24)20-10-6-7-11-21(20)38-15-23(33)32-29-14-17-12-13-22(39-17)18-8-4-5-9-19(18)26(34)35/h4-14,25H,3,15H2,1-2H3,(H,32,33)(H,34,35)(H2,30,31,40)/t25-/m1/s1. The Kier molecular flexibility index (Phi) is 8.92. The van der Waals surface area contributed by atoms with Crippen LogP contribution < -0.4 is 20.8 Å².